The van der Waals surface area contributed by atoms with Gasteiger partial charge in [0.1, 0.15) is 5.75 Å². The molecule has 0 saturated carbocycles. The van der Waals surface area contributed by atoms with Gasteiger partial charge < -0.3 is 19.5 Å². The lowest BCUT2D eigenvalue weighted by Gasteiger charge is -2.36. The van der Waals surface area contributed by atoms with Crippen molar-refractivity contribution in [1.29, 1.82) is 0 Å². The number of allylic oxidation sites excluding steroid dienone is 1. The van der Waals surface area contributed by atoms with Crippen LogP contribution in [-0.2, 0) is 6.42 Å². The van der Waals surface area contributed by atoms with Gasteiger partial charge in [0.25, 0.3) is 5.89 Å². The summed E-state index contributed by atoms with van der Waals surface area (Å²) >= 11 is 5.63. The molecular formula is C24H26N4O2S. The van der Waals surface area contributed by atoms with Crippen molar-refractivity contribution in [3.63, 3.8) is 0 Å². The summed E-state index contributed by atoms with van der Waals surface area (Å²) in [6.07, 6.45) is 0.992. The summed E-state index contributed by atoms with van der Waals surface area (Å²) in [6.45, 7) is 6.99. The molecule has 4 rings (SSSR count). The minimum absolute atomic E-state index is 0.197. The van der Waals surface area contributed by atoms with Gasteiger partial charge in [-0.25, -0.2) is 0 Å². The average molecular weight is 435 g/mol. The van der Waals surface area contributed by atoms with E-state index < -0.39 is 0 Å². The Morgan fingerprint density at radius 2 is 1.81 bits per heavy atom. The topological polar surface area (TPSA) is 63.4 Å². The third-order valence-corrected chi connectivity index (χ3v) is 5.98. The zero-order valence-electron chi connectivity index (χ0n) is 18.2. The maximum atomic E-state index is 5.76. The second kappa shape index (κ2) is 8.89. The molecule has 0 bridgehead atoms. The number of nitrogens with one attached hydrogen (secondary N) is 1. The van der Waals surface area contributed by atoms with Gasteiger partial charge in [-0.1, -0.05) is 48.5 Å². The number of aryl methyl sites for hydroxylation is 1. The van der Waals surface area contributed by atoms with E-state index in [9.17, 15) is 0 Å². The van der Waals surface area contributed by atoms with Crippen molar-refractivity contribution in [3.8, 4) is 17.1 Å². The summed E-state index contributed by atoms with van der Waals surface area (Å²) in [5, 5.41) is 8.38. The number of nitrogens with zero attached hydrogens (tertiary/aromatic N) is 3. The van der Waals surface area contributed by atoms with Crippen molar-refractivity contribution >= 4 is 22.9 Å². The Bertz CT molecular complexity index is 1100. The van der Waals surface area contributed by atoms with Crippen molar-refractivity contribution in [1.82, 2.24) is 20.4 Å². The summed E-state index contributed by atoms with van der Waals surface area (Å²) < 4.78 is 11.1. The monoisotopic (exact) mass is 434 g/mol. The minimum atomic E-state index is -0.197. The fourth-order valence-corrected chi connectivity index (χ4v) is 4.21. The molecule has 1 atom stereocenters. The average Bonchev–Trinajstić information content (AvgIpc) is 3.29. The van der Waals surface area contributed by atoms with Gasteiger partial charge in [-0.05, 0) is 55.7 Å². The first-order valence-electron chi connectivity index (χ1n) is 10.4. The number of rotatable bonds is 6. The lowest BCUT2D eigenvalue weighted by molar-refractivity contribution is 0.398. The number of thiocarbonyl (C=S) groups is 1. The van der Waals surface area contributed by atoms with Gasteiger partial charge in [0.15, 0.2) is 5.11 Å². The smallest absolute Gasteiger partial charge is 0.258 e. The van der Waals surface area contributed by atoms with E-state index in [1.807, 2.05) is 48.2 Å². The molecule has 0 spiro atoms. The summed E-state index contributed by atoms with van der Waals surface area (Å²) in [5.74, 6) is 1.86. The third-order valence-electron chi connectivity index (χ3n) is 5.64. The predicted molar refractivity (Wildman–Crippen MR) is 126 cm³/mol. The van der Waals surface area contributed by atoms with Crippen LogP contribution in [0.3, 0.4) is 0 Å². The van der Waals surface area contributed by atoms with Crippen molar-refractivity contribution in [3.05, 3.63) is 71.2 Å². The number of benzene rings is 2. The summed E-state index contributed by atoms with van der Waals surface area (Å²) in [5.41, 5.74) is 5.17. The zero-order chi connectivity index (χ0) is 22.0. The molecule has 3 aromatic rings. The third kappa shape index (κ3) is 4.05. The molecule has 0 saturated heterocycles. The van der Waals surface area contributed by atoms with Gasteiger partial charge in [-0.15, -0.1) is 0 Å². The summed E-state index contributed by atoms with van der Waals surface area (Å²) in [7, 11) is 1.66. The maximum absolute atomic E-state index is 5.76. The number of methoxy groups -OCH3 is 1. The van der Waals surface area contributed by atoms with E-state index in [0.29, 0.717) is 16.8 Å². The lowest BCUT2D eigenvalue weighted by atomic mass is 9.94. The van der Waals surface area contributed by atoms with E-state index in [1.165, 1.54) is 5.56 Å². The van der Waals surface area contributed by atoms with Crippen LogP contribution in [0.4, 0.5) is 0 Å². The first kappa shape index (κ1) is 21.1. The molecule has 1 aliphatic rings. The van der Waals surface area contributed by atoms with Crippen LogP contribution in [0.25, 0.3) is 17.0 Å². The van der Waals surface area contributed by atoms with Crippen molar-refractivity contribution < 1.29 is 9.26 Å². The van der Waals surface area contributed by atoms with Gasteiger partial charge in [-0.2, -0.15) is 4.98 Å². The summed E-state index contributed by atoms with van der Waals surface area (Å²) in [6, 6.07) is 16.0. The quantitative estimate of drug-likeness (QED) is 0.548. The Morgan fingerprint density at radius 1 is 1.10 bits per heavy atom. The molecule has 0 radical (unpaired) electrons. The number of ether oxygens (including phenoxy) is 1. The molecule has 160 valence electrons. The second-order valence-electron chi connectivity index (χ2n) is 7.37. The van der Waals surface area contributed by atoms with E-state index in [-0.39, 0.29) is 6.04 Å². The molecular weight excluding hydrogens is 408 g/mol. The zero-order valence-corrected chi connectivity index (χ0v) is 19.0. The van der Waals surface area contributed by atoms with Crippen LogP contribution in [0.15, 0.2) is 58.8 Å². The highest BCUT2D eigenvalue weighted by Crippen LogP contribution is 2.37. The van der Waals surface area contributed by atoms with E-state index in [2.05, 4.69) is 36.5 Å². The highest BCUT2D eigenvalue weighted by Gasteiger charge is 2.33. The standard InChI is InChI=1S/C24H26N4O2S/c1-5-16-7-9-18(10-8-16)22-26-23(30-27-22)20-15(3)28(6-2)24(31)25-21(20)17-11-13-19(29-4)14-12-17/h7-14,21H,5-6H2,1-4H3,(H,25,31). The van der Waals surface area contributed by atoms with E-state index in [4.69, 9.17) is 26.5 Å². The van der Waals surface area contributed by atoms with Gasteiger partial charge in [0.2, 0.25) is 5.82 Å². The fourth-order valence-electron chi connectivity index (χ4n) is 3.83. The Labute approximate surface area is 187 Å². The molecule has 2 aromatic carbocycles. The van der Waals surface area contributed by atoms with Crippen molar-refractivity contribution in [2.45, 2.75) is 33.2 Å². The molecule has 1 aliphatic heterocycles. The Morgan fingerprint density at radius 3 is 2.42 bits per heavy atom. The Hall–Kier alpha value is -3.19. The predicted octanol–water partition coefficient (Wildman–Crippen LogP) is 4.99. The van der Waals surface area contributed by atoms with Crippen LogP contribution in [0, 0.1) is 0 Å². The second-order valence-corrected chi connectivity index (χ2v) is 7.76. The molecule has 31 heavy (non-hydrogen) atoms. The van der Waals surface area contributed by atoms with Crippen LogP contribution in [0.5, 0.6) is 5.75 Å². The first-order valence-corrected chi connectivity index (χ1v) is 10.8. The number of hydrogen-bond donors (Lipinski definition) is 1. The Balaban J connectivity index is 1.76. The van der Waals surface area contributed by atoms with Gasteiger partial charge in [0, 0.05) is 17.8 Å². The normalized spacial score (nSPS) is 16.5. The van der Waals surface area contributed by atoms with Gasteiger partial charge in [0.05, 0.1) is 18.7 Å². The number of hydrogen-bond acceptors (Lipinski definition) is 5. The summed E-state index contributed by atoms with van der Waals surface area (Å²) in [4.78, 5) is 6.79. The first-order chi connectivity index (χ1) is 15.0. The lowest BCUT2D eigenvalue weighted by Crippen LogP contribution is -2.45. The maximum Gasteiger partial charge on any atom is 0.258 e. The van der Waals surface area contributed by atoms with Crippen LogP contribution in [0.2, 0.25) is 0 Å². The van der Waals surface area contributed by atoms with E-state index >= 15 is 0 Å². The van der Waals surface area contributed by atoms with Crippen LogP contribution >= 0.6 is 12.2 Å². The highest BCUT2D eigenvalue weighted by atomic mass is 32.1. The van der Waals surface area contributed by atoms with Crippen LogP contribution in [0.1, 0.15) is 43.8 Å². The minimum Gasteiger partial charge on any atom is -0.497 e. The van der Waals surface area contributed by atoms with Crippen LogP contribution < -0.4 is 10.1 Å². The molecule has 6 nitrogen and oxygen atoms in total. The largest absolute Gasteiger partial charge is 0.497 e. The van der Waals surface area contributed by atoms with Gasteiger partial charge >= 0.3 is 0 Å². The molecule has 2 heterocycles. The van der Waals surface area contributed by atoms with Crippen LogP contribution in [-0.4, -0.2) is 33.8 Å². The molecule has 7 heteroatoms. The molecule has 0 fully saturated rings. The SMILES string of the molecule is CCc1ccc(-c2noc(C3=C(C)N(CC)C(=S)NC3c3ccc(OC)cc3)n2)cc1. The van der Waals surface area contributed by atoms with E-state index in [1.54, 1.807) is 7.11 Å². The fraction of sp³-hybridized carbons (Fsp3) is 0.292. The molecule has 0 amide bonds. The highest BCUT2D eigenvalue weighted by molar-refractivity contribution is 7.80. The molecule has 1 aromatic heterocycles. The van der Waals surface area contributed by atoms with Gasteiger partial charge in [-0.3, -0.25) is 0 Å². The molecule has 0 aliphatic carbocycles. The van der Waals surface area contributed by atoms with E-state index in [0.717, 1.165) is 41.1 Å². The number of aromatic nitrogens is 2. The molecule has 1 unspecified atom stereocenters. The van der Waals surface area contributed by atoms with Crippen molar-refractivity contribution in [2.24, 2.45) is 0 Å². The van der Waals surface area contributed by atoms with Crippen molar-refractivity contribution in [2.75, 3.05) is 13.7 Å². The molecule has 1 N–H and O–H groups in total. The Kier molecular flexibility index (Phi) is 6.04.